The molecule has 2 atom stereocenters. The smallest absolute Gasteiger partial charge is 0.184 e. The minimum atomic E-state index is -0.355. The van der Waals surface area contributed by atoms with Crippen molar-refractivity contribution in [1.29, 1.82) is 0 Å². The first kappa shape index (κ1) is 18.1. The predicted octanol–water partition coefficient (Wildman–Crippen LogP) is 5.15. The summed E-state index contributed by atoms with van der Waals surface area (Å²) in [6, 6.07) is 1.83. The van der Waals surface area contributed by atoms with Crippen molar-refractivity contribution in [1.82, 2.24) is 4.98 Å². The van der Waals surface area contributed by atoms with E-state index in [1.54, 1.807) is 0 Å². The van der Waals surface area contributed by atoms with Gasteiger partial charge in [-0.3, -0.25) is 4.79 Å². The van der Waals surface area contributed by atoms with Crippen LogP contribution in [0.15, 0.2) is 6.07 Å². The fraction of sp³-hybridized carbons (Fsp3) is 0.647. The largest absolute Gasteiger partial charge is 0.366 e. The van der Waals surface area contributed by atoms with Gasteiger partial charge in [-0.15, -0.1) is 0 Å². The van der Waals surface area contributed by atoms with Crippen LogP contribution in [0.5, 0.6) is 0 Å². The summed E-state index contributed by atoms with van der Waals surface area (Å²) in [4.78, 5) is 16.7. The number of ether oxygens (including phenoxy) is 1. The Morgan fingerprint density at radius 2 is 2.10 bits per heavy atom. The van der Waals surface area contributed by atoms with E-state index in [0.29, 0.717) is 17.5 Å². The summed E-state index contributed by atoms with van der Waals surface area (Å²) in [6.45, 7) is 12.5. The van der Waals surface area contributed by atoms with Crippen LogP contribution in [0, 0.1) is 5.92 Å². The molecule has 0 spiro atoms. The molecule has 21 heavy (non-hydrogen) atoms. The minimum absolute atomic E-state index is 0.0384. The quantitative estimate of drug-likeness (QED) is 0.570. The van der Waals surface area contributed by atoms with Gasteiger partial charge in [-0.1, -0.05) is 46.2 Å². The second kappa shape index (κ2) is 7.37. The van der Waals surface area contributed by atoms with Crippen LogP contribution >= 0.6 is 11.6 Å². The first-order chi connectivity index (χ1) is 9.92. The highest BCUT2D eigenvalue weighted by atomic mass is 35.5. The van der Waals surface area contributed by atoms with Crippen LogP contribution in [0.25, 0.3) is 0 Å². The summed E-state index contributed by atoms with van der Waals surface area (Å²) in [5.74, 6) is 0.0220. The number of halogens is 1. The number of carbonyl (C=O) groups is 1. The average molecular weight is 312 g/mol. The molecule has 3 nitrogen and oxygen atoms in total. The number of fused-ring (bicyclic) bond motifs is 1. The van der Waals surface area contributed by atoms with E-state index >= 15 is 0 Å². The van der Waals surface area contributed by atoms with Crippen LogP contribution in [0.1, 0.15) is 76.0 Å². The Balaban J connectivity index is 0.00000106. The van der Waals surface area contributed by atoms with Gasteiger partial charge in [0.15, 0.2) is 5.78 Å². The Hall–Kier alpha value is -0.930. The van der Waals surface area contributed by atoms with E-state index in [2.05, 4.69) is 11.9 Å². The lowest BCUT2D eigenvalue weighted by Gasteiger charge is -2.22. The molecule has 2 heterocycles. The maximum Gasteiger partial charge on any atom is 0.184 e. The van der Waals surface area contributed by atoms with E-state index in [1.165, 1.54) is 0 Å². The Kier molecular flexibility index (Phi) is 6.36. The van der Waals surface area contributed by atoms with Crippen molar-refractivity contribution in [2.75, 3.05) is 0 Å². The summed E-state index contributed by atoms with van der Waals surface area (Å²) in [7, 11) is 0. The molecule has 2 unspecified atom stereocenters. The third-order valence-electron chi connectivity index (χ3n) is 4.17. The predicted molar refractivity (Wildman–Crippen MR) is 86.8 cm³/mol. The van der Waals surface area contributed by atoms with E-state index in [1.807, 2.05) is 40.7 Å². The molecular formula is C17H26ClNO2. The van der Waals surface area contributed by atoms with Crippen LogP contribution in [0.3, 0.4) is 0 Å². The number of rotatable bonds is 4. The van der Waals surface area contributed by atoms with Crippen LogP contribution in [0.2, 0.25) is 5.15 Å². The molecule has 1 aromatic heterocycles. The topological polar surface area (TPSA) is 39.2 Å². The first-order valence-corrected chi connectivity index (χ1v) is 8.18. The fourth-order valence-electron chi connectivity index (χ4n) is 2.38. The molecule has 0 saturated carbocycles. The Bertz CT molecular complexity index is 516. The molecule has 0 N–H and O–H groups in total. The molecule has 1 aromatic rings. The lowest BCUT2D eigenvalue weighted by atomic mass is 9.89. The number of carbonyl (C=O) groups excluding carboxylic acids is 1. The molecule has 4 heteroatoms. The van der Waals surface area contributed by atoms with Crippen molar-refractivity contribution < 1.29 is 9.53 Å². The number of ketones is 1. The summed E-state index contributed by atoms with van der Waals surface area (Å²) in [5, 5.41) is 0.371. The monoisotopic (exact) mass is 311 g/mol. The molecule has 0 fully saturated rings. The molecule has 0 radical (unpaired) electrons. The lowest BCUT2D eigenvalue weighted by molar-refractivity contribution is -0.0260. The second-order valence-corrected chi connectivity index (χ2v) is 5.75. The van der Waals surface area contributed by atoms with Crippen molar-refractivity contribution in [3.05, 3.63) is 28.0 Å². The number of aromatic nitrogens is 1. The maximum atomic E-state index is 12.4. The van der Waals surface area contributed by atoms with Gasteiger partial charge in [0.1, 0.15) is 10.8 Å². The molecular weight excluding hydrogens is 286 g/mol. The van der Waals surface area contributed by atoms with E-state index in [0.717, 1.165) is 24.0 Å². The first-order valence-electron chi connectivity index (χ1n) is 7.81. The highest BCUT2D eigenvalue weighted by Gasteiger charge is 2.37. The number of nitrogens with zero attached hydrogens (tertiary/aromatic N) is 1. The molecule has 0 amide bonds. The highest BCUT2D eigenvalue weighted by Crippen LogP contribution is 2.41. The Morgan fingerprint density at radius 1 is 1.48 bits per heavy atom. The van der Waals surface area contributed by atoms with Gasteiger partial charge in [0.05, 0.1) is 12.2 Å². The summed E-state index contributed by atoms with van der Waals surface area (Å²) in [5.41, 5.74) is 2.07. The van der Waals surface area contributed by atoms with Crippen LogP contribution in [-0.4, -0.2) is 10.8 Å². The number of hydrogen-bond donors (Lipinski definition) is 0. The van der Waals surface area contributed by atoms with Gasteiger partial charge in [0, 0.05) is 11.5 Å². The van der Waals surface area contributed by atoms with E-state index in [4.69, 9.17) is 16.3 Å². The molecule has 0 saturated heterocycles. The summed E-state index contributed by atoms with van der Waals surface area (Å²) in [6.07, 6.45) is 1.64. The van der Waals surface area contributed by atoms with Crippen LogP contribution in [0.4, 0.5) is 0 Å². The molecule has 0 bridgehead atoms. The maximum absolute atomic E-state index is 12.4. The van der Waals surface area contributed by atoms with Gasteiger partial charge in [-0.25, -0.2) is 4.98 Å². The summed E-state index contributed by atoms with van der Waals surface area (Å²) >= 11 is 6.09. The zero-order valence-corrected chi connectivity index (χ0v) is 14.7. The van der Waals surface area contributed by atoms with Crippen LogP contribution < -0.4 is 0 Å². The molecule has 1 aliphatic heterocycles. The van der Waals surface area contributed by atoms with Gasteiger partial charge in [-0.2, -0.15) is 0 Å². The molecule has 2 rings (SSSR count). The average Bonchev–Trinajstić information content (AvgIpc) is 2.85. The standard InChI is InChI=1S/C15H20ClNO2.C2H6/c1-5-9(3)14(18)13-10-8-19-15(4,6-2)11(10)7-12(16)17-13;1-2/h7,9H,5-6,8H2,1-4H3;1-2H3. The van der Waals surface area contributed by atoms with Gasteiger partial charge < -0.3 is 4.74 Å². The van der Waals surface area contributed by atoms with Crippen molar-refractivity contribution >= 4 is 17.4 Å². The van der Waals surface area contributed by atoms with Crippen LogP contribution in [-0.2, 0) is 16.9 Å². The SMILES string of the molecule is CC.CCC(C)C(=O)c1nc(Cl)cc2c1COC2(C)CC. The van der Waals surface area contributed by atoms with Crippen molar-refractivity contribution in [3.8, 4) is 0 Å². The van der Waals surface area contributed by atoms with Gasteiger partial charge in [0.2, 0.25) is 0 Å². The third-order valence-corrected chi connectivity index (χ3v) is 4.36. The molecule has 0 aliphatic carbocycles. The summed E-state index contributed by atoms with van der Waals surface area (Å²) < 4.78 is 5.87. The lowest BCUT2D eigenvalue weighted by Crippen LogP contribution is -2.20. The van der Waals surface area contributed by atoms with Crippen molar-refractivity contribution in [3.63, 3.8) is 0 Å². The Morgan fingerprint density at radius 3 is 2.62 bits per heavy atom. The van der Waals surface area contributed by atoms with E-state index in [-0.39, 0.29) is 17.3 Å². The van der Waals surface area contributed by atoms with Gasteiger partial charge >= 0.3 is 0 Å². The number of Topliss-reactive ketones (excluding diaryl/α,β-unsaturated/α-hetero) is 1. The minimum Gasteiger partial charge on any atom is -0.366 e. The van der Waals surface area contributed by atoms with E-state index in [9.17, 15) is 4.79 Å². The third kappa shape index (κ3) is 3.46. The normalized spacial score (nSPS) is 21.3. The number of pyridine rings is 1. The fourth-order valence-corrected chi connectivity index (χ4v) is 2.58. The number of hydrogen-bond acceptors (Lipinski definition) is 3. The molecule has 0 aromatic carbocycles. The second-order valence-electron chi connectivity index (χ2n) is 5.37. The molecule has 1 aliphatic rings. The van der Waals surface area contributed by atoms with Gasteiger partial charge in [0.25, 0.3) is 0 Å². The van der Waals surface area contributed by atoms with Crippen molar-refractivity contribution in [2.24, 2.45) is 5.92 Å². The highest BCUT2D eigenvalue weighted by molar-refractivity contribution is 6.29. The van der Waals surface area contributed by atoms with Gasteiger partial charge in [-0.05, 0) is 31.4 Å². The zero-order chi connectivity index (χ0) is 16.2. The van der Waals surface area contributed by atoms with E-state index < -0.39 is 0 Å². The van der Waals surface area contributed by atoms with Crippen molar-refractivity contribution in [2.45, 2.75) is 66.6 Å². The zero-order valence-electron chi connectivity index (χ0n) is 13.9. The Labute approximate surface area is 133 Å². The molecule has 118 valence electrons.